The number of aromatic nitrogens is 1. The lowest BCUT2D eigenvalue weighted by Gasteiger charge is -2.11. The largest absolute Gasteiger partial charge is 0.318 e. The Kier molecular flexibility index (Phi) is 4.57. The summed E-state index contributed by atoms with van der Waals surface area (Å²) in [6.07, 6.45) is 3.35. The fraction of sp³-hybridized carbons (Fsp3) is 0.0435. The molecule has 5 rings (SSSR count). The molecule has 0 saturated carbocycles. The summed E-state index contributed by atoms with van der Waals surface area (Å²) in [5, 5.41) is 6.37. The number of amides is 2. The number of carbonyl (C=O) groups is 2. The number of hydrogen-bond donors (Lipinski definition) is 2. The van der Waals surface area contributed by atoms with Gasteiger partial charge in [-0.25, -0.2) is 4.98 Å². The summed E-state index contributed by atoms with van der Waals surface area (Å²) in [7, 11) is 0. The van der Waals surface area contributed by atoms with E-state index in [1.807, 2.05) is 24.3 Å². The van der Waals surface area contributed by atoms with Crippen LogP contribution in [0.15, 0.2) is 71.9 Å². The molecule has 0 unspecified atom stereocenters. The topological polar surface area (TPSA) is 83.5 Å². The van der Waals surface area contributed by atoms with Gasteiger partial charge < -0.3 is 10.6 Å². The predicted octanol–water partition coefficient (Wildman–Crippen LogP) is 4.47. The van der Waals surface area contributed by atoms with Gasteiger partial charge in [0.1, 0.15) is 5.82 Å². The Labute approximate surface area is 176 Å². The van der Waals surface area contributed by atoms with Crippen molar-refractivity contribution >= 4 is 51.0 Å². The van der Waals surface area contributed by atoms with Crippen molar-refractivity contribution in [2.45, 2.75) is 6.54 Å². The second kappa shape index (κ2) is 7.53. The zero-order chi connectivity index (χ0) is 20.5. The summed E-state index contributed by atoms with van der Waals surface area (Å²) in [5.74, 6) is -1.20. The van der Waals surface area contributed by atoms with E-state index in [0.29, 0.717) is 18.1 Å². The lowest BCUT2D eigenvalue weighted by Crippen LogP contribution is -2.29. The molecule has 2 aromatic heterocycles. The number of nitrogens with zero attached hydrogens (tertiary/aromatic N) is 2. The number of nitrogens with one attached hydrogen (secondary N) is 2. The van der Waals surface area contributed by atoms with Gasteiger partial charge in [-0.2, -0.15) is 0 Å². The van der Waals surface area contributed by atoms with E-state index >= 15 is 0 Å². The number of thiophene rings is 1. The molecule has 2 amide bonds. The lowest BCUT2D eigenvalue weighted by atomic mass is 10.0. The Balaban J connectivity index is 1.44. The summed E-state index contributed by atoms with van der Waals surface area (Å²) < 4.78 is 1.20. The SMILES string of the molecule is O=C(Nc1cc2c(c(-c3cc4ccccc4s3)c1)CN=C2)C(=O)Nc1ccccn1. The molecule has 0 bridgehead atoms. The fourth-order valence-corrected chi connectivity index (χ4v) is 4.53. The van der Waals surface area contributed by atoms with E-state index in [1.165, 1.54) is 10.1 Å². The smallest absolute Gasteiger partial charge is 0.315 e. The number of rotatable bonds is 3. The molecule has 0 spiro atoms. The van der Waals surface area contributed by atoms with E-state index < -0.39 is 11.8 Å². The standard InChI is InChI=1S/C23H16N4O2S/c28-22(23(29)27-21-7-3-4-8-25-21)26-16-9-15-12-24-13-18(15)17(11-16)20-10-14-5-1-2-6-19(14)30-20/h1-12H,13H2,(H,26,28)(H,25,27,29). The van der Waals surface area contributed by atoms with E-state index in [2.05, 4.69) is 38.8 Å². The molecule has 6 nitrogen and oxygen atoms in total. The molecule has 4 aromatic rings. The summed E-state index contributed by atoms with van der Waals surface area (Å²) in [4.78, 5) is 34.1. The van der Waals surface area contributed by atoms with Crippen molar-refractivity contribution < 1.29 is 9.59 Å². The normalized spacial score (nSPS) is 12.0. The van der Waals surface area contributed by atoms with Crippen LogP contribution in [-0.4, -0.2) is 23.0 Å². The number of pyridine rings is 1. The highest BCUT2D eigenvalue weighted by atomic mass is 32.1. The Morgan fingerprint density at radius 3 is 2.60 bits per heavy atom. The van der Waals surface area contributed by atoms with Crippen molar-refractivity contribution in [1.29, 1.82) is 0 Å². The number of fused-ring (bicyclic) bond motifs is 2. The summed E-state index contributed by atoms with van der Waals surface area (Å²) in [6, 6.07) is 19.2. The van der Waals surface area contributed by atoms with Gasteiger partial charge >= 0.3 is 11.8 Å². The van der Waals surface area contributed by atoms with Gasteiger partial charge in [0.05, 0.1) is 6.54 Å². The van der Waals surface area contributed by atoms with E-state index in [4.69, 9.17) is 0 Å². The molecule has 2 aromatic carbocycles. The van der Waals surface area contributed by atoms with Crippen molar-refractivity contribution in [1.82, 2.24) is 4.98 Å². The van der Waals surface area contributed by atoms with Gasteiger partial charge in [0, 0.05) is 33.2 Å². The maximum atomic E-state index is 12.4. The molecular weight excluding hydrogens is 396 g/mol. The van der Waals surface area contributed by atoms with E-state index in [-0.39, 0.29) is 0 Å². The molecule has 1 aliphatic rings. The number of carbonyl (C=O) groups excluding carboxylic acids is 2. The predicted molar refractivity (Wildman–Crippen MR) is 120 cm³/mol. The van der Waals surface area contributed by atoms with Crippen molar-refractivity contribution in [2.24, 2.45) is 4.99 Å². The highest BCUT2D eigenvalue weighted by Crippen LogP contribution is 2.39. The van der Waals surface area contributed by atoms with Crippen LogP contribution in [0, 0.1) is 0 Å². The van der Waals surface area contributed by atoms with Gasteiger partial charge in [0.25, 0.3) is 0 Å². The van der Waals surface area contributed by atoms with Crippen LogP contribution in [0.2, 0.25) is 0 Å². The highest BCUT2D eigenvalue weighted by molar-refractivity contribution is 7.22. The molecule has 30 heavy (non-hydrogen) atoms. The zero-order valence-electron chi connectivity index (χ0n) is 15.8. The van der Waals surface area contributed by atoms with Crippen molar-refractivity contribution in [3.05, 3.63) is 78.0 Å². The first-order valence-electron chi connectivity index (χ1n) is 9.36. The van der Waals surface area contributed by atoms with Crippen LogP contribution < -0.4 is 10.6 Å². The third-order valence-electron chi connectivity index (χ3n) is 4.83. The van der Waals surface area contributed by atoms with Crippen LogP contribution in [0.3, 0.4) is 0 Å². The van der Waals surface area contributed by atoms with Gasteiger partial charge in [-0.1, -0.05) is 24.3 Å². The minimum atomic E-state index is -0.772. The second-order valence-corrected chi connectivity index (χ2v) is 7.92. The first-order valence-corrected chi connectivity index (χ1v) is 10.2. The molecule has 0 fully saturated rings. The molecule has 0 saturated heterocycles. The lowest BCUT2D eigenvalue weighted by molar-refractivity contribution is -0.133. The van der Waals surface area contributed by atoms with Crippen LogP contribution in [0.5, 0.6) is 0 Å². The average molecular weight is 412 g/mol. The third kappa shape index (κ3) is 3.46. The molecule has 0 aliphatic carbocycles. The van der Waals surface area contributed by atoms with Gasteiger partial charge in [-0.3, -0.25) is 14.6 Å². The molecule has 2 N–H and O–H groups in total. The van der Waals surface area contributed by atoms with E-state index in [0.717, 1.165) is 21.6 Å². The van der Waals surface area contributed by atoms with Crippen molar-refractivity contribution in [3.63, 3.8) is 0 Å². The van der Waals surface area contributed by atoms with Gasteiger partial charge in [-0.15, -0.1) is 11.3 Å². The minimum Gasteiger partial charge on any atom is -0.318 e. The molecule has 1 aliphatic heterocycles. The van der Waals surface area contributed by atoms with E-state index in [1.54, 1.807) is 41.9 Å². The molecule has 3 heterocycles. The molecular formula is C23H16N4O2S. The average Bonchev–Trinajstić information content (AvgIpc) is 3.40. The Hall–Kier alpha value is -3.84. The molecule has 146 valence electrons. The molecule has 0 atom stereocenters. The molecule has 7 heteroatoms. The quantitative estimate of drug-likeness (QED) is 0.487. The maximum Gasteiger partial charge on any atom is 0.315 e. The number of anilines is 2. The second-order valence-electron chi connectivity index (χ2n) is 6.83. The molecule has 0 radical (unpaired) electrons. The Bertz CT molecular complexity index is 1280. The maximum absolute atomic E-state index is 12.4. The fourth-order valence-electron chi connectivity index (χ4n) is 3.43. The van der Waals surface area contributed by atoms with Gasteiger partial charge in [0.15, 0.2) is 0 Å². The minimum absolute atomic E-state index is 0.324. The van der Waals surface area contributed by atoms with Crippen LogP contribution >= 0.6 is 11.3 Å². The monoisotopic (exact) mass is 412 g/mol. The summed E-state index contributed by atoms with van der Waals surface area (Å²) in [6.45, 7) is 0.604. The summed E-state index contributed by atoms with van der Waals surface area (Å²) in [5.41, 5.74) is 3.64. The highest BCUT2D eigenvalue weighted by Gasteiger charge is 2.19. The third-order valence-corrected chi connectivity index (χ3v) is 5.98. The van der Waals surface area contributed by atoms with Crippen LogP contribution in [-0.2, 0) is 16.1 Å². The van der Waals surface area contributed by atoms with Crippen LogP contribution in [0.25, 0.3) is 20.5 Å². The first-order chi connectivity index (χ1) is 14.7. The zero-order valence-corrected chi connectivity index (χ0v) is 16.6. The van der Waals surface area contributed by atoms with Crippen LogP contribution in [0.1, 0.15) is 11.1 Å². The van der Waals surface area contributed by atoms with Gasteiger partial charge in [-0.05, 0) is 52.9 Å². The summed E-state index contributed by atoms with van der Waals surface area (Å²) >= 11 is 1.70. The van der Waals surface area contributed by atoms with Crippen molar-refractivity contribution in [2.75, 3.05) is 10.6 Å². The van der Waals surface area contributed by atoms with Crippen molar-refractivity contribution in [3.8, 4) is 10.4 Å². The first kappa shape index (κ1) is 18.2. The Morgan fingerprint density at radius 1 is 0.933 bits per heavy atom. The number of aliphatic imine (C=N–C) groups is 1. The Morgan fingerprint density at radius 2 is 1.77 bits per heavy atom. The number of hydrogen-bond acceptors (Lipinski definition) is 5. The van der Waals surface area contributed by atoms with E-state index in [9.17, 15) is 9.59 Å². The van der Waals surface area contributed by atoms with Gasteiger partial charge in [0.2, 0.25) is 0 Å². The number of benzene rings is 2. The van der Waals surface area contributed by atoms with Crippen LogP contribution in [0.4, 0.5) is 11.5 Å².